The number of aryl methyl sites for hydroxylation is 1. The Labute approximate surface area is 209 Å². The molecule has 1 aliphatic carbocycles. The van der Waals surface area contributed by atoms with Gasteiger partial charge in [-0.05, 0) is 86.4 Å². The van der Waals surface area contributed by atoms with Gasteiger partial charge in [0.2, 0.25) is 0 Å². The van der Waals surface area contributed by atoms with E-state index in [-0.39, 0.29) is 6.42 Å². The van der Waals surface area contributed by atoms with Gasteiger partial charge in [0.05, 0.1) is 33.9 Å². The summed E-state index contributed by atoms with van der Waals surface area (Å²) in [6.45, 7) is 7.93. The molecule has 0 bridgehead atoms. The van der Waals surface area contributed by atoms with Crippen LogP contribution in [0.2, 0.25) is 0 Å². The molecule has 5 nitrogen and oxygen atoms in total. The number of fused-ring (bicyclic) bond motifs is 1. The Morgan fingerprint density at radius 2 is 1.94 bits per heavy atom. The number of ether oxygens (including phenoxy) is 1. The molecule has 0 atom stereocenters. The van der Waals surface area contributed by atoms with Crippen molar-refractivity contribution in [1.82, 2.24) is 4.98 Å². The second-order valence-electron chi connectivity index (χ2n) is 10.5. The smallest absolute Gasteiger partial charge is 0.307 e. The number of carboxylic acid groups (broad SMARTS) is 1. The van der Waals surface area contributed by atoms with Crippen LogP contribution >= 0.6 is 11.3 Å². The standard InChI is InChI=1S/C25H21NO3S.C4H10O/c1-13-11-19-24(30-25(26-19)15-5-6-15)23(18(13)12-21(27)28)17-7-8-20-22-14(9-10-29-20)3-2-4-16(17)22;1-4(2,3)5/h2-4,7-8,11,15H,5-6,9-10,12H2,1H3,(H,27,28);5H,1-3H3. The molecule has 3 aromatic carbocycles. The fourth-order valence-corrected chi connectivity index (χ4v) is 5.99. The predicted octanol–water partition coefficient (Wildman–Crippen LogP) is 6.64. The molecule has 6 rings (SSSR count). The number of carbonyl (C=O) groups is 1. The van der Waals surface area contributed by atoms with Gasteiger partial charge in [0, 0.05) is 23.3 Å². The van der Waals surface area contributed by atoms with Gasteiger partial charge in [-0.2, -0.15) is 0 Å². The minimum Gasteiger partial charge on any atom is -0.493 e. The van der Waals surface area contributed by atoms with Crippen molar-refractivity contribution in [1.29, 1.82) is 0 Å². The second kappa shape index (κ2) is 8.92. The third-order valence-electron chi connectivity index (χ3n) is 6.27. The van der Waals surface area contributed by atoms with Crippen molar-refractivity contribution in [3.8, 4) is 16.9 Å². The fraction of sp³-hybridized carbons (Fsp3) is 0.379. The van der Waals surface area contributed by atoms with E-state index in [9.17, 15) is 9.90 Å². The quantitative estimate of drug-likeness (QED) is 0.336. The summed E-state index contributed by atoms with van der Waals surface area (Å²) in [5.41, 5.74) is 5.77. The summed E-state index contributed by atoms with van der Waals surface area (Å²) in [5, 5.41) is 21.6. The van der Waals surface area contributed by atoms with Crippen LogP contribution in [0.5, 0.6) is 5.75 Å². The highest BCUT2D eigenvalue weighted by Crippen LogP contribution is 2.48. The highest BCUT2D eigenvalue weighted by molar-refractivity contribution is 7.19. The molecule has 2 aliphatic rings. The van der Waals surface area contributed by atoms with Crippen LogP contribution in [0.15, 0.2) is 36.4 Å². The van der Waals surface area contributed by atoms with E-state index in [4.69, 9.17) is 14.8 Å². The lowest BCUT2D eigenvalue weighted by molar-refractivity contribution is -0.136. The molecule has 1 aromatic heterocycles. The van der Waals surface area contributed by atoms with Gasteiger partial charge in [-0.15, -0.1) is 11.3 Å². The molecule has 2 N–H and O–H groups in total. The Morgan fingerprint density at radius 1 is 1.20 bits per heavy atom. The summed E-state index contributed by atoms with van der Waals surface area (Å²) >= 11 is 1.74. The van der Waals surface area contributed by atoms with Crippen molar-refractivity contribution in [2.75, 3.05) is 6.61 Å². The number of aromatic nitrogens is 1. The highest BCUT2D eigenvalue weighted by Gasteiger charge is 2.29. The van der Waals surface area contributed by atoms with Crippen molar-refractivity contribution in [3.63, 3.8) is 0 Å². The molecule has 6 heteroatoms. The van der Waals surface area contributed by atoms with E-state index in [2.05, 4.69) is 30.3 Å². The van der Waals surface area contributed by atoms with Crippen LogP contribution in [0.1, 0.15) is 61.2 Å². The van der Waals surface area contributed by atoms with Gasteiger partial charge in [0.25, 0.3) is 0 Å². The van der Waals surface area contributed by atoms with Crippen LogP contribution in [-0.2, 0) is 17.6 Å². The number of aliphatic carboxylic acids is 1. The zero-order chi connectivity index (χ0) is 24.9. The van der Waals surface area contributed by atoms with E-state index in [0.29, 0.717) is 12.5 Å². The number of carboxylic acids is 1. The molecule has 2 heterocycles. The molecule has 182 valence electrons. The van der Waals surface area contributed by atoms with E-state index in [1.165, 1.54) is 23.4 Å². The van der Waals surface area contributed by atoms with Crippen molar-refractivity contribution >= 4 is 38.3 Å². The van der Waals surface area contributed by atoms with Gasteiger partial charge >= 0.3 is 5.97 Å². The van der Waals surface area contributed by atoms with Gasteiger partial charge < -0.3 is 14.9 Å². The summed E-state index contributed by atoms with van der Waals surface area (Å²) in [5.74, 6) is 0.683. The molecular weight excluding hydrogens is 458 g/mol. The van der Waals surface area contributed by atoms with Crippen LogP contribution in [0, 0.1) is 6.92 Å². The molecule has 1 fully saturated rings. The molecule has 0 saturated heterocycles. The van der Waals surface area contributed by atoms with Crippen molar-refractivity contribution in [3.05, 3.63) is 58.1 Å². The zero-order valence-corrected chi connectivity index (χ0v) is 21.5. The van der Waals surface area contributed by atoms with Crippen molar-refractivity contribution < 1.29 is 19.7 Å². The first kappa shape index (κ1) is 23.8. The Morgan fingerprint density at radius 3 is 2.63 bits per heavy atom. The minimum absolute atomic E-state index is 0.00715. The maximum absolute atomic E-state index is 11.8. The number of benzene rings is 3. The summed E-state index contributed by atoms with van der Waals surface area (Å²) < 4.78 is 7.04. The largest absolute Gasteiger partial charge is 0.493 e. The predicted molar refractivity (Wildman–Crippen MR) is 142 cm³/mol. The summed E-state index contributed by atoms with van der Waals surface area (Å²) in [7, 11) is 0. The van der Waals surface area contributed by atoms with E-state index in [1.807, 2.05) is 13.0 Å². The molecule has 0 spiro atoms. The van der Waals surface area contributed by atoms with E-state index in [1.54, 1.807) is 32.1 Å². The Hall–Kier alpha value is -2.96. The molecule has 4 aromatic rings. The SMILES string of the molecule is CC(C)(C)O.Cc1cc2nc(C3CC3)sc2c(-c2ccc3c4c(cccc24)CCO3)c1CC(=O)O. The van der Waals surface area contributed by atoms with Crippen LogP contribution in [0.3, 0.4) is 0 Å². The lowest BCUT2D eigenvalue weighted by Gasteiger charge is -2.21. The molecule has 35 heavy (non-hydrogen) atoms. The monoisotopic (exact) mass is 489 g/mol. The van der Waals surface area contributed by atoms with Crippen molar-refractivity contribution in [2.45, 2.75) is 64.9 Å². The number of nitrogens with zero attached hydrogens (tertiary/aromatic N) is 1. The van der Waals surface area contributed by atoms with Gasteiger partial charge in [-0.25, -0.2) is 4.98 Å². The normalized spacial score (nSPS) is 15.0. The third-order valence-corrected chi connectivity index (χ3v) is 7.52. The van der Waals surface area contributed by atoms with Crippen molar-refractivity contribution in [2.24, 2.45) is 0 Å². The van der Waals surface area contributed by atoms with Crippen LogP contribution in [0.25, 0.3) is 32.1 Å². The average Bonchev–Trinajstić information content (AvgIpc) is 3.54. The molecule has 0 radical (unpaired) electrons. The van der Waals surface area contributed by atoms with Gasteiger partial charge in [0.15, 0.2) is 0 Å². The maximum Gasteiger partial charge on any atom is 0.307 e. The molecule has 1 saturated carbocycles. The van der Waals surface area contributed by atoms with Gasteiger partial charge in [-0.1, -0.05) is 18.2 Å². The number of hydrogen-bond acceptors (Lipinski definition) is 5. The summed E-state index contributed by atoms with van der Waals surface area (Å²) in [6.07, 6.45) is 3.31. The minimum atomic E-state index is -0.809. The van der Waals surface area contributed by atoms with Crippen LogP contribution in [0.4, 0.5) is 0 Å². The van der Waals surface area contributed by atoms with Crippen LogP contribution < -0.4 is 4.74 Å². The van der Waals surface area contributed by atoms with E-state index < -0.39 is 11.6 Å². The lowest BCUT2D eigenvalue weighted by atomic mass is 9.88. The number of aliphatic hydroxyl groups is 1. The number of hydrogen-bond donors (Lipinski definition) is 2. The molecule has 0 amide bonds. The summed E-state index contributed by atoms with van der Waals surface area (Å²) in [6, 6.07) is 12.6. The first-order valence-corrected chi connectivity index (χ1v) is 13.0. The molecule has 0 unspecified atom stereocenters. The summed E-state index contributed by atoms with van der Waals surface area (Å²) in [4.78, 5) is 16.7. The Bertz CT molecular complexity index is 1430. The van der Waals surface area contributed by atoms with Gasteiger partial charge in [-0.3, -0.25) is 4.79 Å². The number of rotatable bonds is 4. The lowest BCUT2D eigenvalue weighted by Crippen LogP contribution is -2.10. The average molecular weight is 490 g/mol. The van der Waals surface area contributed by atoms with Crippen LogP contribution in [-0.4, -0.2) is 33.4 Å². The Kier molecular flexibility index (Phi) is 6.06. The third kappa shape index (κ3) is 4.91. The van der Waals surface area contributed by atoms with E-state index in [0.717, 1.165) is 55.4 Å². The second-order valence-corrected chi connectivity index (χ2v) is 11.5. The molecular formula is C29H31NO4S. The topological polar surface area (TPSA) is 79.7 Å². The molecule has 1 aliphatic heterocycles. The maximum atomic E-state index is 11.8. The number of thiazole rings is 1. The fourth-order valence-electron chi connectivity index (χ4n) is 4.69. The highest BCUT2D eigenvalue weighted by atomic mass is 32.1. The first-order valence-electron chi connectivity index (χ1n) is 12.1. The first-order chi connectivity index (χ1) is 16.6. The van der Waals surface area contributed by atoms with Gasteiger partial charge in [0.1, 0.15) is 5.75 Å². The van der Waals surface area contributed by atoms with E-state index >= 15 is 0 Å². The zero-order valence-electron chi connectivity index (χ0n) is 20.6. The Balaban J connectivity index is 0.000000464.